The van der Waals surface area contributed by atoms with Crippen molar-refractivity contribution >= 4 is 17.7 Å². The Bertz CT molecular complexity index is 580. The maximum atomic E-state index is 11.9. The summed E-state index contributed by atoms with van der Waals surface area (Å²) in [7, 11) is 0. The summed E-state index contributed by atoms with van der Waals surface area (Å²) in [6.45, 7) is 0. The third-order valence-corrected chi connectivity index (χ3v) is 4.60. The maximum absolute atomic E-state index is 11.9. The van der Waals surface area contributed by atoms with E-state index in [9.17, 15) is 14.9 Å². The van der Waals surface area contributed by atoms with Crippen LogP contribution in [0, 0.1) is 22.0 Å². The van der Waals surface area contributed by atoms with Gasteiger partial charge in [-0.05, 0) is 54.9 Å². The first-order valence-electron chi connectivity index (χ1n) is 7.35. The second-order valence-corrected chi connectivity index (χ2v) is 5.97. The van der Waals surface area contributed by atoms with Gasteiger partial charge < -0.3 is 5.32 Å². The van der Waals surface area contributed by atoms with Gasteiger partial charge in [0.1, 0.15) is 0 Å². The molecule has 0 aliphatic heterocycles. The molecule has 0 saturated heterocycles. The number of nitrogens with one attached hydrogen (secondary N) is 1. The van der Waals surface area contributed by atoms with Crippen LogP contribution in [-0.4, -0.2) is 16.9 Å². The van der Waals surface area contributed by atoms with Gasteiger partial charge >= 0.3 is 0 Å². The number of nitro benzene ring substituents is 1. The Morgan fingerprint density at radius 2 is 2.00 bits per heavy atom. The molecule has 1 amide bonds. The number of nitro groups is 1. The van der Waals surface area contributed by atoms with Gasteiger partial charge in [0.2, 0.25) is 5.91 Å². The lowest BCUT2D eigenvalue weighted by molar-refractivity contribution is -0.384. The minimum Gasteiger partial charge on any atom is -0.350 e. The average molecular weight is 286 g/mol. The molecule has 110 valence electrons. The van der Waals surface area contributed by atoms with Crippen molar-refractivity contribution in [2.45, 2.75) is 31.7 Å². The van der Waals surface area contributed by atoms with E-state index in [1.807, 2.05) is 0 Å². The molecule has 21 heavy (non-hydrogen) atoms. The monoisotopic (exact) mass is 286 g/mol. The molecular formula is C16H18N2O3. The SMILES string of the molecule is O=C(/C=C/c1ccc([N+](=O)[O-])cc1)N[C@H]1C[C@@H]2CC[C@@H]1C2. The van der Waals surface area contributed by atoms with E-state index in [0.29, 0.717) is 12.0 Å². The van der Waals surface area contributed by atoms with E-state index in [-0.39, 0.29) is 11.6 Å². The summed E-state index contributed by atoms with van der Waals surface area (Å²) >= 11 is 0. The van der Waals surface area contributed by atoms with E-state index >= 15 is 0 Å². The lowest BCUT2D eigenvalue weighted by Crippen LogP contribution is -2.37. The Labute approximate surface area is 123 Å². The highest BCUT2D eigenvalue weighted by atomic mass is 16.6. The fraction of sp³-hybridized carbons (Fsp3) is 0.438. The summed E-state index contributed by atoms with van der Waals surface area (Å²) < 4.78 is 0. The summed E-state index contributed by atoms with van der Waals surface area (Å²) in [6, 6.07) is 6.48. The first-order valence-corrected chi connectivity index (χ1v) is 7.35. The molecule has 1 aromatic rings. The standard InChI is InChI=1S/C16H18N2O3/c19-16(17-15-10-12-1-5-13(15)9-12)8-4-11-2-6-14(7-3-11)18(20)21/h2-4,6-8,12-13,15H,1,5,9-10H2,(H,17,19)/b8-4+/t12-,13-,15+/m1/s1. The number of hydrogen-bond acceptors (Lipinski definition) is 3. The predicted molar refractivity (Wildman–Crippen MR) is 79.5 cm³/mol. The van der Waals surface area contributed by atoms with Crippen molar-refractivity contribution in [2.24, 2.45) is 11.8 Å². The van der Waals surface area contributed by atoms with Crippen molar-refractivity contribution in [3.05, 3.63) is 46.0 Å². The largest absolute Gasteiger partial charge is 0.350 e. The fourth-order valence-electron chi connectivity index (χ4n) is 3.53. The summed E-state index contributed by atoms with van der Waals surface area (Å²) in [5, 5.41) is 13.6. The molecule has 0 unspecified atom stereocenters. The average Bonchev–Trinajstić information content (AvgIpc) is 3.08. The molecule has 3 rings (SSSR count). The van der Waals surface area contributed by atoms with Crippen LogP contribution in [0.2, 0.25) is 0 Å². The normalized spacial score (nSPS) is 27.1. The summed E-state index contributed by atoms with van der Waals surface area (Å²) in [6.07, 6.45) is 8.12. The maximum Gasteiger partial charge on any atom is 0.269 e. The molecule has 2 saturated carbocycles. The van der Waals surface area contributed by atoms with Crippen LogP contribution in [0.1, 0.15) is 31.2 Å². The van der Waals surface area contributed by atoms with E-state index < -0.39 is 4.92 Å². The van der Waals surface area contributed by atoms with E-state index in [2.05, 4.69) is 5.32 Å². The number of hydrogen-bond donors (Lipinski definition) is 1. The molecule has 1 aromatic carbocycles. The zero-order valence-corrected chi connectivity index (χ0v) is 11.7. The lowest BCUT2D eigenvalue weighted by atomic mass is 9.95. The molecule has 2 aliphatic carbocycles. The van der Waals surface area contributed by atoms with Gasteiger partial charge in [-0.1, -0.05) is 6.42 Å². The molecule has 0 aromatic heterocycles. The summed E-state index contributed by atoms with van der Waals surface area (Å²) in [5.41, 5.74) is 0.835. The van der Waals surface area contributed by atoms with Crippen LogP contribution in [0.25, 0.3) is 6.08 Å². The molecule has 2 fully saturated rings. The van der Waals surface area contributed by atoms with Crippen LogP contribution in [0.3, 0.4) is 0 Å². The lowest BCUT2D eigenvalue weighted by Gasteiger charge is -2.22. The predicted octanol–water partition coefficient (Wildman–Crippen LogP) is 2.91. The highest BCUT2D eigenvalue weighted by Gasteiger charge is 2.39. The second-order valence-electron chi connectivity index (χ2n) is 5.97. The molecule has 0 spiro atoms. The van der Waals surface area contributed by atoms with Crippen molar-refractivity contribution < 1.29 is 9.72 Å². The Kier molecular flexibility index (Phi) is 3.73. The van der Waals surface area contributed by atoms with Gasteiger partial charge in [-0.25, -0.2) is 0 Å². The third-order valence-electron chi connectivity index (χ3n) is 4.60. The van der Waals surface area contributed by atoms with Crippen LogP contribution in [0.5, 0.6) is 0 Å². The van der Waals surface area contributed by atoms with Gasteiger partial charge in [-0.3, -0.25) is 14.9 Å². The fourth-order valence-corrected chi connectivity index (χ4v) is 3.53. The van der Waals surface area contributed by atoms with Gasteiger partial charge in [-0.15, -0.1) is 0 Å². The summed E-state index contributed by atoms with van der Waals surface area (Å²) in [5.74, 6) is 1.39. The molecule has 3 atom stereocenters. The number of carbonyl (C=O) groups excluding carboxylic acids is 1. The smallest absolute Gasteiger partial charge is 0.269 e. The van der Waals surface area contributed by atoms with E-state index in [0.717, 1.165) is 17.9 Å². The Morgan fingerprint density at radius 3 is 2.57 bits per heavy atom. The van der Waals surface area contributed by atoms with Crippen LogP contribution >= 0.6 is 0 Å². The van der Waals surface area contributed by atoms with Crippen LogP contribution in [0.4, 0.5) is 5.69 Å². The van der Waals surface area contributed by atoms with E-state index in [4.69, 9.17) is 0 Å². The van der Waals surface area contributed by atoms with Crippen molar-refractivity contribution in [2.75, 3.05) is 0 Å². The van der Waals surface area contributed by atoms with Gasteiger partial charge in [-0.2, -0.15) is 0 Å². The minimum absolute atomic E-state index is 0.0542. The van der Waals surface area contributed by atoms with Crippen molar-refractivity contribution in [3.8, 4) is 0 Å². The van der Waals surface area contributed by atoms with E-state index in [1.165, 1.54) is 37.5 Å². The number of carbonyl (C=O) groups is 1. The molecule has 5 heteroatoms. The number of non-ortho nitro benzene ring substituents is 1. The molecular weight excluding hydrogens is 268 g/mol. The number of amides is 1. The third kappa shape index (κ3) is 3.12. The van der Waals surface area contributed by atoms with Gasteiger partial charge in [0.25, 0.3) is 5.69 Å². The molecule has 1 N–H and O–H groups in total. The van der Waals surface area contributed by atoms with E-state index in [1.54, 1.807) is 18.2 Å². The van der Waals surface area contributed by atoms with Crippen molar-refractivity contribution in [1.29, 1.82) is 0 Å². The van der Waals surface area contributed by atoms with Crippen molar-refractivity contribution in [3.63, 3.8) is 0 Å². The van der Waals surface area contributed by atoms with Gasteiger partial charge in [0.15, 0.2) is 0 Å². The van der Waals surface area contributed by atoms with Crippen LogP contribution < -0.4 is 5.32 Å². The number of fused-ring (bicyclic) bond motifs is 2. The zero-order chi connectivity index (χ0) is 14.8. The zero-order valence-electron chi connectivity index (χ0n) is 11.7. The molecule has 5 nitrogen and oxygen atoms in total. The number of nitrogens with zero attached hydrogens (tertiary/aromatic N) is 1. The first-order chi connectivity index (χ1) is 10.1. The Balaban J connectivity index is 1.55. The second kappa shape index (κ2) is 5.68. The van der Waals surface area contributed by atoms with Gasteiger partial charge in [0.05, 0.1) is 4.92 Å². The Morgan fingerprint density at radius 1 is 1.24 bits per heavy atom. The quantitative estimate of drug-likeness (QED) is 0.525. The summed E-state index contributed by atoms with van der Waals surface area (Å²) in [4.78, 5) is 22.0. The molecule has 2 aliphatic rings. The highest BCUT2D eigenvalue weighted by Crippen LogP contribution is 2.44. The minimum atomic E-state index is -0.435. The van der Waals surface area contributed by atoms with Crippen LogP contribution in [0.15, 0.2) is 30.3 Å². The van der Waals surface area contributed by atoms with Gasteiger partial charge in [0, 0.05) is 24.3 Å². The molecule has 2 bridgehead atoms. The topological polar surface area (TPSA) is 72.2 Å². The first kappa shape index (κ1) is 13.8. The van der Waals surface area contributed by atoms with Crippen molar-refractivity contribution in [1.82, 2.24) is 5.32 Å². The molecule has 0 radical (unpaired) electrons. The molecule has 0 heterocycles. The number of benzene rings is 1. The number of rotatable bonds is 4. The Hall–Kier alpha value is -2.17. The highest BCUT2D eigenvalue weighted by molar-refractivity contribution is 5.92. The van der Waals surface area contributed by atoms with Crippen LogP contribution in [-0.2, 0) is 4.79 Å².